The van der Waals surface area contributed by atoms with E-state index in [-0.39, 0.29) is 4.90 Å². The van der Waals surface area contributed by atoms with Crippen molar-refractivity contribution >= 4 is 9.84 Å². The molecule has 0 radical (unpaired) electrons. The number of aromatic amines is 1. The molecule has 7 heteroatoms. The number of nitrogens with one attached hydrogen (secondary N) is 2. The standard InChI is InChI=1S/C13H17N3O3S/c1-14-7-10-8-15-16-13(10)9-4-5-12(20(3,17)18)11(6-9)19-2/h4-6,8,14H,7H2,1-3H3,(H,15,16). The van der Waals surface area contributed by atoms with E-state index >= 15 is 0 Å². The van der Waals surface area contributed by atoms with Crippen LogP contribution in [0.5, 0.6) is 5.75 Å². The first-order valence-corrected chi connectivity index (χ1v) is 7.92. The van der Waals surface area contributed by atoms with Crippen LogP contribution in [-0.2, 0) is 16.4 Å². The Bertz CT molecular complexity index is 707. The number of aromatic nitrogens is 2. The van der Waals surface area contributed by atoms with Gasteiger partial charge in [-0.3, -0.25) is 5.10 Å². The molecule has 0 unspecified atom stereocenters. The van der Waals surface area contributed by atoms with Crippen LogP contribution in [0, 0.1) is 0 Å². The van der Waals surface area contributed by atoms with E-state index in [4.69, 9.17) is 4.74 Å². The van der Waals surface area contributed by atoms with Crippen LogP contribution in [0.3, 0.4) is 0 Å². The van der Waals surface area contributed by atoms with Crippen molar-refractivity contribution < 1.29 is 13.2 Å². The Morgan fingerprint density at radius 3 is 2.75 bits per heavy atom. The molecule has 108 valence electrons. The number of sulfone groups is 1. The van der Waals surface area contributed by atoms with Gasteiger partial charge in [-0.15, -0.1) is 0 Å². The normalized spacial score (nSPS) is 11.6. The number of rotatable bonds is 5. The summed E-state index contributed by atoms with van der Waals surface area (Å²) in [5.41, 5.74) is 2.68. The van der Waals surface area contributed by atoms with E-state index in [1.165, 1.54) is 7.11 Å². The second kappa shape index (κ2) is 5.64. The van der Waals surface area contributed by atoms with E-state index in [0.29, 0.717) is 12.3 Å². The molecule has 6 nitrogen and oxygen atoms in total. The Balaban J connectivity index is 2.52. The van der Waals surface area contributed by atoms with Crippen LogP contribution in [0.15, 0.2) is 29.3 Å². The first kappa shape index (κ1) is 14.5. The molecule has 0 fully saturated rings. The summed E-state index contributed by atoms with van der Waals surface area (Å²) in [6, 6.07) is 4.99. The van der Waals surface area contributed by atoms with E-state index in [9.17, 15) is 8.42 Å². The Labute approximate surface area is 118 Å². The van der Waals surface area contributed by atoms with E-state index < -0.39 is 9.84 Å². The van der Waals surface area contributed by atoms with Gasteiger partial charge in [-0.25, -0.2) is 8.42 Å². The smallest absolute Gasteiger partial charge is 0.179 e. The molecule has 0 aliphatic carbocycles. The Morgan fingerprint density at radius 1 is 1.40 bits per heavy atom. The van der Waals surface area contributed by atoms with Gasteiger partial charge in [-0.1, -0.05) is 6.07 Å². The lowest BCUT2D eigenvalue weighted by atomic mass is 10.1. The van der Waals surface area contributed by atoms with Crippen molar-refractivity contribution in [1.82, 2.24) is 15.5 Å². The number of benzene rings is 1. The highest BCUT2D eigenvalue weighted by Crippen LogP contribution is 2.30. The van der Waals surface area contributed by atoms with Gasteiger partial charge in [-0.05, 0) is 19.2 Å². The summed E-state index contributed by atoms with van der Waals surface area (Å²) in [6.45, 7) is 0.669. The van der Waals surface area contributed by atoms with Gasteiger partial charge >= 0.3 is 0 Å². The maximum absolute atomic E-state index is 11.7. The largest absolute Gasteiger partial charge is 0.495 e. The van der Waals surface area contributed by atoms with Crippen LogP contribution in [0.4, 0.5) is 0 Å². The minimum Gasteiger partial charge on any atom is -0.495 e. The zero-order valence-electron chi connectivity index (χ0n) is 11.6. The number of methoxy groups -OCH3 is 1. The third-order valence-corrected chi connectivity index (χ3v) is 4.07. The number of ether oxygens (including phenoxy) is 1. The molecule has 2 N–H and O–H groups in total. The minimum atomic E-state index is -3.31. The van der Waals surface area contributed by atoms with Gasteiger partial charge < -0.3 is 10.1 Å². The molecule has 0 bridgehead atoms. The van der Waals surface area contributed by atoms with Crippen molar-refractivity contribution in [1.29, 1.82) is 0 Å². The third-order valence-electron chi connectivity index (χ3n) is 2.94. The Morgan fingerprint density at radius 2 is 2.15 bits per heavy atom. The van der Waals surface area contributed by atoms with Gasteiger partial charge in [0, 0.05) is 23.9 Å². The fraction of sp³-hybridized carbons (Fsp3) is 0.308. The average molecular weight is 295 g/mol. The summed E-state index contributed by atoms with van der Waals surface area (Å²) >= 11 is 0. The highest BCUT2D eigenvalue weighted by atomic mass is 32.2. The summed E-state index contributed by atoms with van der Waals surface area (Å²) in [5.74, 6) is 0.329. The quantitative estimate of drug-likeness (QED) is 0.866. The molecular weight excluding hydrogens is 278 g/mol. The van der Waals surface area contributed by atoms with Crippen molar-refractivity contribution in [3.63, 3.8) is 0 Å². The molecule has 0 spiro atoms. The zero-order chi connectivity index (χ0) is 14.8. The lowest BCUT2D eigenvalue weighted by molar-refractivity contribution is 0.403. The summed E-state index contributed by atoms with van der Waals surface area (Å²) in [7, 11) is -0.00973. The monoisotopic (exact) mass is 295 g/mol. The number of H-pyrrole nitrogens is 1. The fourth-order valence-corrected chi connectivity index (χ4v) is 2.84. The molecule has 0 aliphatic heterocycles. The molecule has 0 saturated heterocycles. The number of hydrogen-bond acceptors (Lipinski definition) is 5. The third kappa shape index (κ3) is 2.83. The molecule has 0 saturated carbocycles. The molecule has 2 rings (SSSR count). The number of hydrogen-bond donors (Lipinski definition) is 2. The molecule has 0 aliphatic rings. The second-order valence-electron chi connectivity index (χ2n) is 4.44. The van der Waals surface area contributed by atoms with Crippen LogP contribution in [-0.4, -0.2) is 39.0 Å². The van der Waals surface area contributed by atoms with Crippen LogP contribution >= 0.6 is 0 Å². The van der Waals surface area contributed by atoms with Gasteiger partial charge in [-0.2, -0.15) is 5.10 Å². The maximum Gasteiger partial charge on any atom is 0.179 e. The van der Waals surface area contributed by atoms with E-state index in [2.05, 4.69) is 15.5 Å². The molecule has 0 atom stereocenters. The van der Waals surface area contributed by atoms with Crippen LogP contribution in [0.2, 0.25) is 0 Å². The zero-order valence-corrected chi connectivity index (χ0v) is 12.4. The summed E-state index contributed by atoms with van der Waals surface area (Å²) in [6.07, 6.45) is 2.90. The molecule has 2 aromatic rings. The second-order valence-corrected chi connectivity index (χ2v) is 6.42. The van der Waals surface area contributed by atoms with Crippen molar-refractivity contribution in [3.05, 3.63) is 30.0 Å². The highest BCUT2D eigenvalue weighted by Gasteiger charge is 2.16. The van der Waals surface area contributed by atoms with Crippen molar-refractivity contribution in [2.24, 2.45) is 0 Å². The molecule has 1 aromatic heterocycles. The molecule has 20 heavy (non-hydrogen) atoms. The Kier molecular flexibility index (Phi) is 4.10. The predicted octanol–water partition coefficient (Wildman–Crippen LogP) is 1.21. The molecular formula is C13H17N3O3S. The molecule has 0 amide bonds. The van der Waals surface area contributed by atoms with Crippen LogP contribution in [0.1, 0.15) is 5.56 Å². The fourth-order valence-electron chi connectivity index (χ4n) is 2.01. The predicted molar refractivity (Wildman–Crippen MR) is 76.4 cm³/mol. The van der Waals surface area contributed by atoms with Crippen molar-refractivity contribution in [2.75, 3.05) is 20.4 Å². The van der Waals surface area contributed by atoms with Gasteiger partial charge in [0.25, 0.3) is 0 Å². The summed E-state index contributed by atoms with van der Waals surface area (Å²) < 4.78 is 28.5. The van der Waals surface area contributed by atoms with Crippen molar-refractivity contribution in [3.8, 4) is 17.0 Å². The lowest BCUT2D eigenvalue weighted by Crippen LogP contribution is -2.05. The van der Waals surface area contributed by atoms with E-state index in [0.717, 1.165) is 23.1 Å². The van der Waals surface area contributed by atoms with Gasteiger partial charge in [0.15, 0.2) is 9.84 Å². The topological polar surface area (TPSA) is 84.1 Å². The first-order chi connectivity index (χ1) is 9.47. The maximum atomic E-state index is 11.7. The molecule has 1 aromatic carbocycles. The van der Waals surface area contributed by atoms with Gasteiger partial charge in [0.05, 0.1) is 19.0 Å². The van der Waals surface area contributed by atoms with E-state index in [1.54, 1.807) is 24.4 Å². The highest BCUT2D eigenvalue weighted by molar-refractivity contribution is 7.90. The lowest BCUT2D eigenvalue weighted by Gasteiger charge is -2.09. The number of nitrogens with zero attached hydrogens (tertiary/aromatic N) is 1. The van der Waals surface area contributed by atoms with E-state index in [1.807, 2.05) is 7.05 Å². The van der Waals surface area contributed by atoms with Crippen molar-refractivity contribution in [2.45, 2.75) is 11.4 Å². The van der Waals surface area contributed by atoms with Crippen LogP contribution < -0.4 is 10.1 Å². The summed E-state index contributed by atoms with van der Waals surface area (Å²) in [4.78, 5) is 0.179. The SMILES string of the molecule is CNCc1cn[nH]c1-c1ccc(S(C)(=O)=O)c(OC)c1. The first-order valence-electron chi connectivity index (χ1n) is 6.02. The summed E-state index contributed by atoms with van der Waals surface area (Å²) in [5, 5.41) is 10.00. The van der Waals surface area contributed by atoms with Gasteiger partial charge in [0.2, 0.25) is 0 Å². The van der Waals surface area contributed by atoms with Gasteiger partial charge in [0.1, 0.15) is 10.6 Å². The molecule has 1 heterocycles. The Hall–Kier alpha value is -1.86. The average Bonchev–Trinajstić information content (AvgIpc) is 2.85. The minimum absolute atomic E-state index is 0.179. The van der Waals surface area contributed by atoms with Crippen LogP contribution in [0.25, 0.3) is 11.3 Å².